The third kappa shape index (κ3) is 8.86. The van der Waals surface area contributed by atoms with Crippen molar-refractivity contribution in [1.82, 2.24) is 0 Å². The van der Waals surface area contributed by atoms with E-state index in [0.29, 0.717) is 0 Å². The van der Waals surface area contributed by atoms with Gasteiger partial charge in [-0.2, -0.15) is 0 Å². The van der Waals surface area contributed by atoms with Gasteiger partial charge in [-0.25, -0.2) is 0 Å². The molecule has 0 aliphatic heterocycles. The maximum Gasteiger partial charge on any atom is 0.0481 e. The molecule has 0 spiro atoms. The molecule has 0 atom stereocenters. The molecule has 4 heteroatoms. The summed E-state index contributed by atoms with van der Waals surface area (Å²) < 4.78 is 0. The van der Waals surface area contributed by atoms with Gasteiger partial charge in [0.25, 0.3) is 0 Å². The van der Waals surface area contributed by atoms with Crippen LogP contribution in [0.15, 0.2) is 237 Å². The van der Waals surface area contributed by atoms with Crippen LogP contribution >= 0.6 is 0 Å². The molecule has 0 heterocycles. The lowest BCUT2D eigenvalue weighted by molar-refractivity contribution is 0.973. The van der Waals surface area contributed by atoms with E-state index in [9.17, 15) is 0 Å². The Hall–Kier alpha value is -7.82. The number of para-hydroxylation sites is 3. The van der Waals surface area contributed by atoms with E-state index in [4.69, 9.17) is 0 Å². The molecule has 0 unspecified atom stereocenters. The Labute approximate surface area is 366 Å². The fourth-order valence-electron chi connectivity index (χ4n) is 8.20. The highest BCUT2D eigenvalue weighted by molar-refractivity contribution is 5.83. The molecule has 0 saturated heterocycles. The quantitative estimate of drug-likeness (QED) is 0.115. The molecular formula is C58H50N4. The van der Waals surface area contributed by atoms with Crippen LogP contribution in [0.5, 0.6) is 0 Å². The van der Waals surface area contributed by atoms with Crippen molar-refractivity contribution in [2.75, 3.05) is 19.6 Å². The number of aryl methyl sites for hydroxylation is 3. The maximum absolute atomic E-state index is 2.39. The Morgan fingerprint density at radius 2 is 0.516 bits per heavy atom. The third-order valence-electron chi connectivity index (χ3n) is 11.2. The predicted octanol–water partition coefficient (Wildman–Crippen LogP) is 16.4. The van der Waals surface area contributed by atoms with Crippen molar-refractivity contribution in [1.29, 1.82) is 0 Å². The first kappa shape index (κ1) is 39.6. The smallest absolute Gasteiger partial charge is 0.0481 e. The topological polar surface area (TPSA) is 13.0 Å². The zero-order valence-electron chi connectivity index (χ0n) is 35.5. The van der Waals surface area contributed by atoms with Gasteiger partial charge in [-0.05, 0) is 176 Å². The number of rotatable bonds is 13. The highest BCUT2D eigenvalue weighted by Crippen LogP contribution is 2.42. The first-order valence-corrected chi connectivity index (χ1v) is 21.3. The van der Waals surface area contributed by atoms with Crippen molar-refractivity contribution in [3.63, 3.8) is 0 Å². The van der Waals surface area contributed by atoms with Crippen molar-refractivity contribution in [3.8, 4) is 0 Å². The minimum absolute atomic E-state index is 0.736. The summed E-state index contributed by atoms with van der Waals surface area (Å²) in [5.74, 6) is 0. The van der Waals surface area contributed by atoms with E-state index in [1.54, 1.807) is 0 Å². The van der Waals surface area contributed by atoms with Crippen molar-refractivity contribution < 1.29 is 0 Å². The molecule has 0 aliphatic rings. The first-order chi connectivity index (χ1) is 30.5. The average Bonchev–Trinajstić information content (AvgIpc) is 3.31. The second-order valence-corrected chi connectivity index (χ2v) is 15.8. The standard InChI is InChI=1S/C58H50N4/c1-44-16-13-25-56(40-44)59(48-19-7-4-8-20-48)43-47-28-30-51(31-29-47)60(52-32-36-54(37-33-52)61(49-21-9-5-10-22-49)57-26-14-17-45(2)41-57)53-34-38-55(39-35-53)62(50-23-11-6-12-24-50)58-27-15-18-46(3)42-58/h4-42H,43H2,1-3H3. The van der Waals surface area contributed by atoms with Gasteiger partial charge in [-0.3, -0.25) is 0 Å². The molecule has 9 aromatic rings. The molecule has 0 bridgehead atoms. The second-order valence-electron chi connectivity index (χ2n) is 15.8. The second kappa shape index (κ2) is 18.2. The van der Waals surface area contributed by atoms with Gasteiger partial charge < -0.3 is 19.6 Å². The molecule has 0 saturated carbocycles. The van der Waals surface area contributed by atoms with Crippen LogP contribution in [-0.2, 0) is 6.54 Å². The molecule has 302 valence electrons. The van der Waals surface area contributed by atoms with E-state index < -0.39 is 0 Å². The van der Waals surface area contributed by atoms with E-state index >= 15 is 0 Å². The molecule has 9 rings (SSSR count). The summed E-state index contributed by atoms with van der Waals surface area (Å²) in [4.78, 5) is 9.38. The third-order valence-corrected chi connectivity index (χ3v) is 11.2. The first-order valence-electron chi connectivity index (χ1n) is 21.3. The lowest BCUT2D eigenvalue weighted by Gasteiger charge is -2.30. The fourth-order valence-corrected chi connectivity index (χ4v) is 8.20. The van der Waals surface area contributed by atoms with Crippen LogP contribution in [-0.4, -0.2) is 0 Å². The van der Waals surface area contributed by atoms with Crippen LogP contribution in [0, 0.1) is 20.8 Å². The number of benzene rings is 9. The molecule has 4 nitrogen and oxygen atoms in total. The number of nitrogens with zero attached hydrogens (tertiary/aromatic N) is 4. The van der Waals surface area contributed by atoms with Crippen LogP contribution in [0.2, 0.25) is 0 Å². The molecular weight excluding hydrogens is 753 g/mol. The van der Waals surface area contributed by atoms with Crippen LogP contribution in [0.25, 0.3) is 0 Å². The van der Waals surface area contributed by atoms with Gasteiger partial charge in [0.15, 0.2) is 0 Å². The van der Waals surface area contributed by atoms with E-state index in [1.165, 1.54) is 27.9 Å². The molecule has 0 aliphatic carbocycles. The molecule has 9 aromatic carbocycles. The molecule has 0 amide bonds. The van der Waals surface area contributed by atoms with E-state index in [0.717, 1.165) is 63.4 Å². The monoisotopic (exact) mass is 802 g/mol. The molecule has 0 fully saturated rings. The highest BCUT2D eigenvalue weighted by Gasteiger charge is 2.19. The lowest BCUT2D eigenvalue weighted by Crippen LogP contribution is -2.17. The zero-order valence-corrected chi connectivity index (χ0v) is 35.5. The van der Waals surface area contributed by atoms with Gasteiger partial charge >= 0.3 is 0 Å². The van der Waals surface area contributed by atoms with E-state index in [2.05, 4.69) is 277 Å². The minimum atomic E-state index is 0.736. The average molecular weight is 803 g/mol. The van der Waals surface area contributed by atoms with Crippen molar-refractivity contribution in [2.24, 2.45) is 0 Å². The van der Waals surface area contributed by atoms with E-state index in [-0.39, 0.29) is 0 Å². The summed E-state index contributed by atoms with van der Waals surface area (Å²) in [6, 6.07) is 84.9. The van der Waals surface area contributed by atoms with Gasteiger partial charge in [0.2, 0.25) is 0 Å². The number of hydrogen-bond acceptors (Lipinski definition) is 4. The summed E-state index contributed by atoms with van der Waals surface area (Å²) >= 11 is 0. The SMILES string of the molecule is Cc1cccc(N(Cc2ccc(N(c3ccc(N(c4ccccc4)c4cccc(C)c4)cc3)c3ccc(N(c4ccccc4)c4cccc(C)c4)cc3)cc2)c2ccccc2)c1. The van der Waals surface area contributed by atoms with Crippen LogP contribution in [0.3, 0.4) is 0 Å². The van der Waals surface area contributed by atoms with Crippen LogP contribution in [0.4, 0.5) is 62.6 Å². The molecule has 0 aromatic heterocycles. The van der Waals surface area contributed by atoms with Gasteiger partial charge in [0.1, 0.15) is 0 Å². The zero-order chi connectivity index (χ0) is 42.3. The number of anilines is 11. The van der Waals surface area contributed by atoms with Crippen LogP contribution in [0.1, 0.15) is 22.3 Å². The lowest BCUT2D eigenvalue weighted by atomic mass is 10.1. The maximum atomic E-state index is 2.39. The van der Waals surface area contributed by atoms with Crippen molar-refractivity contribution >= 4 is 62.6 Å². The largest absolute Gasteiger partial charge is 0.337 e. The summed E-state index contributed by atoms with van der Waals surface area (Å²) in [6.45, 7) is 7.18. The minimum Gasteiger partial charge on any atom is -0.337 e. The Bertz CT molecular complexity index is 2710. The molecule has 0 N–H and O–H groups in total. The molecule has 62 heavy (non-hydrogen) atoms. The Morgan fingerprint density at radius 3 is 0.887 bits per heavy atom. The summed E-state index contributed by atoms with van der Waals surface area (Å²) in [5, 5.41) is 0. The Balaban J connectivity index is 1.10. The molecule has 0 radical (unpaired) electrons. The van der Waals surface area contributed by atoms with Gasteiger partial charge in [-0.15, -0.1) is 0 Å². The van der Waals surface area contributed by atoms with Gasteiger partial charge in [0.05, 0.1) is 0 Å². The van der Waals surface area contributed by atoms with E-state index in [1.807, 2.05) is 0 Å². The van der Waals surface area contributed by atoms with Crippen molar-refractivity contribution in [3.05, 3.63) is 259 Å². The van der Waals surface area contributed by atoms with Crippen molar-refractivity contribution in [2.45, 2.75) is 27.3 Å². The fraction of sp³-hybridized carbons (Fsp3) is 0.0690. The predicted molar refractivity (Wildman–Crippen MR) is 263 cm³/mol. The summed E-state index contributed by atoms with van der Waals surface area (Å²) in [6.07, 6.45) is 0. The van der Waals surface area contributed by atoms with Gasteiger partial charge in [-0.1, -0.05) is 103 Å². The van der Waals surface area contributed by atoms with Crippen LogP contribution < -0.4 is 19.6 Å². The Kier molecular flexibility index (Phi) is 11.6. The summed E-state index contributed by atoms with van der Waals surface area (Å²) in [7, 11) is 0. The highest BCUT2D eigenvalue weighted by atomic mass is 15.2. The Morgan fingerprint density at radius 1 is 0.242 bits per heavy atom. The summed E-state index contributed by atoms with van der Waals surface area (Å²) in [5.41, 5.74) is 17.1. The normalized spacial score (nSPS) is 10.9. The number of hydrogen-bond donors (Lipinski definition) is 0. The van der Waals surface area contributed by atoms with Gasteiger partial charge in [0, 0.05) is 69.1 Å².